The van der Waals surface area contributed by atoms with Crippen LogP contribution in [-0.4, -0.2) is 18.1 Å². The summed E-state index contributed by atoms with van der Waals surface area (Å²) in [6, 6.07) is 4.81. The maximum Gasteiger partial charge on any atom is 0.275 e. The van der Waals surface area contributed by atoms with Crippen molar-refractivity contribution in [1.82, 2.24) is 0 Å². The molecule has 0 amide bonds. The number of ether oxygens (including phenoxy) is 1. The summed E-state index contributed by atoms with van der Waals surface area (Å²) in [5, 5.41) is 14.1. The maximum atomic E-state index is 10.8. The van der Waals surface area contributed by atoms with Crippen molar-refractivity contribution in [3.63, 3.8) is 0 Å². The highest BCUT2D eigenvalue weighted by atomic mass is 16.6. The lowest BCUT2D eigenvalue weighted by molar-refractivity contribution is -0.384. The first kappa shape index (κ1) is 12.7. The Bertz CT molecular complexity index is 448. The molecule has 0 aliphatic heterocycles. The van der Waals surface area contributed by atoms with E-state index in [1.165, 1.54) is 12.5 Å². The molecule has 2 unspecified atom stereocenters. The molecular weight excluding hydrogens is 232 g/mol. The Morgan fingerprint density at radius 3 is 2.78 bits per heavy atom. The molecule has 1 aliphatic rings. The number of non-ortho nitro benzene ring substituents is 1. The minimum atomic E-state index is -0.395. The Morgan fingerprint density at radius 2 is 2.22 bits per heavy atom. The second-order valence-corrected chi connectivity index (χ2v) is 4.76. The monoisotopic (exact) mass is 250 g/mol. The molecule has 1 aliphatic carbocycles. The first-order valence-electron chi connectivity index (χ1n) is 6.26. The van der Waals surface area contributed by atoms with Crippen molar-refractivity contribution in [2.45, 2.75) is 20.3 Å². The van der Waals surface area contributed by atoms with E-state index in [0.29, 0.717) is 18.3 Å². The van der Waals surface area contributed by atoms with E-state index in [0.717, 1.165) is 18.2 Å². The van der Waals surface area contributed by atoms with Crippen LogP contribution < -0.4 is 10.1 Å². The average Bonchev–Trinajstić information content (AvgIpc) is 3.03. The van der Waals surface area contributed by atoms with Crippen molar-refractivity contribution in [2.24, 2.45) is 11.8 Å². The molecule has 98 valence electrons. The standard InChI is InChI=1S/C13H18N2O3/c1-3-18-13-6-11(5-12(7-13)15(16)17)14-8-10-4-9(10)2/h5-7,9-10,14H,3-4,8H2,1-2H3. The Morgan fingerprint density at radius 1 is 1.50 bits per heavy atom. The van der Waals surface area contributed by atoms with E-state index >= 15 is 0 Å². The van der Waals surface area contributed by atoms with E-state index in [1.54, 1.807) is 6.07 Å². The summed E-state index contributed by atoms with van der Waals surface area (Å²) in [7, 11) is 0. The van der Waals surface area contributed by atoms with Crippen molar-refractivity contribution in [1.29, 1.82) is 0 Å². The highest BCUT2D eigenvalue weighted by Gasteiger charge is 2.31. The van der Waals surface area contributed by atoms with Gasteiger partial charge >= 0.3 is 0 Å². The minimum Gasteiger partial charge on any atom is -0.494 e. The van der Waals surface area contributed by atoms with Crippen molar-refractivity contribution >= 4 is 11.4 Å². The first-order chi connectivity index (χ1) is 8.60. The van der Waals surface area contributed by atoms with Gasteiger partial charge in [-0.3, -0.25) is 10.1 Å². The van der Waals surface area contributed by atoms with E-state index in [4.69, 9.17) is 4.74 Å². The van der Waals surface area contributed by atoms with Crippen molar-refractivity contribution in [3.8, 4) is 5.75 Å². The van der Waals surface area contributed by atoms with Crippen LogP contribution in [-0.2, 0) is 0 Å². The largest absolute Gasteiger partial charge is 0.494 e. The Kier molecular flexibility index (Phi) is 3.69. The third-order valence-electron chi connectivity index (χ3n) is 3.26. The molecule has 1 saturated carbocycles. The lowest BCUT2D eigenvalue weighted by Crippen LogP contribution is -2.05. The number of anilines is 1. The van der Waals surface area contributed by atoms with Gasteiger partial charge in [-0.05, 0) is 25.2 Å². The van der Waals surface area contributed by atoms with Crippen LogP contribution in [0, 0.1) is 22.0 Å². The third kappa shape index (κ3) is 3.12. The van der Waals surface area contributed by atoms with Gasteiger partial charge in [-0.2, -0.15) is 0 Å². The number of nitrogens with one attached hydrogen (secondary N) is 1. The highest BCUT2D eigenvalue weighted by Crippen LogP contribution is 2.38. The minimum absolute atomic E-state index is 0.0623. The quantitative estimate of drug-likeness (QED) is 0.622. The number of nitro benzene ring substituents is 1. The molecule has 5 heteroatoms. The van der Waals surface area contributed by atoms with Crippen LogP contribution in [0.4, 0.5) is 11.4 Å². The van der Waals surface area contributed by atoms with Gasteiger partial charge in [0.15, 0.2) is 0 Å². The molecule has 0 spiro atoms. The second-order valence-electron chi connectivity index (χ2n) is 4.76. The smallest absolute Gasteiger partial charge is 0.275 e. The molecular formula is C13H18N2O3. The molecule has 0 radical (unpaired) electrons. The number of hydrogen-bond acceptors (Lipinski definition) is 4. The van der Waals surface area contributed by atoms with Crippen LogP contribution >= 0.6 is 0 Å². The fraction of sp³-hybridized carbons (Fsp3) is 0.538. The zero-order valence-electron chi connectivity index (χ0n) is 10.7. The van der Waals surface area contributed by atoms with Gasteiger partial charge in [0.05, 0.1) is 17.6 Å². The summed E-state index contributed by atoms with van der Waals surface area (Å²) in [5.74, 6) is 2.00. The number of benzene rings is 1. The molecule has 1 N–H and O–H groups in total. The van der Waals surface area contributed by atoms with Crippen LogP contribution in [0.25, 0.3) is 0 Å². The van der Waals surface area contributed by atoms with Crippen LogP contribution in [0.2, 0.25) is 0 Å². The van der Waals surface area contributed by atoms with Gasteiger partial charge in [0.25, 0.3) is 5.69 Å². The van der Waals surface area contributed by atoms with Crippen LogP contribution in [0.1, 0.15) is 20.3 Å². The molecule has 0 saturated heterocycles. The summed E-state index contributed by atoms with van der Waals surface area (Å²) < 4.78 is 5.34. The van der Waals surface area contributed by atoms with E-state index in [9.17, 15) is 10.1 Å². The van der Waals surface area contributed by atoms with Gasteiger partial charge in [0, 0.05) is 24.4 Å². The van der Waals surface area contributed by atoms with Gasteiger partial charge in [0.1, 0.15) is 5.75 Å². The predicted molar refractivity (Wildman–Crippen MR) is 70.0 cm³/mol. The summed E-state index contributed by atoms with van der Waals surface area (Å²) in [5.41, 5.74) is 0.819. The van der Waals surface area contributed by atoms with Crippen LogP contribution in [0.3, 0.4) is 0 Å². The number of rotatable bonds is 6. The Labute approximate surface area is 106 Å². The van der Waals surface area contributed by atoms with Gasteiger partial charge in [-0.1, -0.05) is 6.92 Å². The van der Waals surface area contributed by atoms with Gasteiger partial charge in [-0.15, -0.1) is 0 Å². The predicted octanol–water partition coefficient (Wildman–Crippen LogP) is 3.06. The van der Waals surface area contributed by atoms with E-state index in [2.05, 4.69) is 12.2 Å². The van der Waals surface area contributed by atoms with Gasteiger partial charge < -0.3 is 10.1 Å². The van der Waals surface area contributed by atoms with Crippen molar-refractivity contribution in [3.05, 3.63) is 28.3 Å². The van der Waals surface area contributed by atoms with E-state index in [-0.39, 0.29) is 5.69 Å². The SMILES string of the molecule is CCOc1cc(NCC2CC2C)cc([N+](=O)[O-])c1. The lowest BCUT2D eigenvalue weighted by atomic mass is 10.2. The van der Waals surface area contributed by atoms with Crippen LogP contribution in [0.15, 0.2) is 18.2 Å². The zero-order chi connectivity index (χ0) is 13.1. The first-order valence-corrected chi connectivity index (χ1v) is 6.26. The highest BCUT2D eigenvalue weighted by molar-refractivity contribution is 5.56. The zero-order valence-corrected chi connectivity index (χ0v) is 10.7. The molecule has 0 bridgehead atoms. The molecule has 0 aromatic heterocycles. The molecule has 0 heterocycles. The normalized spacial score (nSPS) is 21.4. The summed E-state index contributed by atoms with van der Waals surface area (Å²) in [4.78, 5) is 10.4. The number of nitro groups is 1. The second kappa shape index (κ2) is 5.25. The molecule has 1 aromatic carbocycles. The molecule has 1 fully saturated rings. The van der Waals surface area contributed by atoms with E-state index in [1.807, 2.05) is 13.0 Å². The molecule has 18 heavy (non-hydrogen) atoms. The van der Waals surface area contributed by atoms with Crippen molar-refractivity contribution < 1.29 is 9.66 Å². The average molecular weight is 250 g/mol. The molecule has 2 rings (SSSR count). The number of nitrogens with zero attached hydrogens (tertiary/aromatic N) is 1. The summed E-state index contributed by atoms with van der Waals surface area (Å²) in [6.07, 6.45) is 1.24. The topological polar surface area (TPSA) is 64.4 Å². The van der Waals surface area contributed by atoms with Crippen molar-refractivity contribution in [2.75, 3.05) is 18.5 Å². The fourth-order valence-electron chi connectivity index (χ4n) is 1.97. The van der Waals surface area contributed by atoms with Gasteiger partial charge in [-0.25, -0.2) is 0 Å². The molecule has 2 atom stereocenters. The fourth-order valence-corrected chi connectivity index (χ4v) is 1.97. The lowest BCUT2D eigenvalue weighted by Gasteiger charge is -2.09. The van der Waals surface area contributed by atoms with Crippen LogP contribution in [0.5, 0.6) is 5.75 Å². The Balaban J connectivity index is 2.09. The van der Waals surface area contributed by atoms with Gasteiger partial charge in [0.2, 0.25) is 0 Å². The summed E-state index contributed by atoms with van der Waals surface area (Å²) in [6.45, 7) is 5.44. The summed E-state index contributed by atoms with van der Waals surface area (Å²) >= 11 is 0. The number of hydrogen-bond donors (Lipinski definition) is 1. The molecule has 1 aromatic rings. The molecule has 5 nitrogen and oxygen atoms in total. The third-order valence-corrected chi connectivity index (χ3v) is 3.26. The van der Waals surface area contributed by atoms with E-state index < -0.39 is 4.92 Å². The Hall–Kier alpha value is -1.78. The maximum absolute atomic E-state index is 10.8.